The van der Waals surface area contributed by atoms with Crippen LogP contribution in [0.3, 0.4) is 0 Å². The Labute approximate surface area is 153 Å². The predicted octanol–water partition coefficient (Wildman–Crippen LogP) is 5.73. The number of H-pyrrole nitrogens is 1. The van der Waals surface area contributed by atoms with E-state index in [2.05, 4.69) is 27.0 Å². The number of nitrogens with one attached hydrogen (secondary N) is 1. The summed E-state index contributed by atoms with van der Waals surface area (Å²) >= 11 is 8.70. The van der Waals surface area contributed by atoms with E-state index in [9.17, 15) is 10.4 Å². The van der Waals surface area contributed by atoms with Gasteiger partial charge in [-0.2, -0.15) is 5.26 Å². The highest BCUT2D eigenvalue weighted by atomic mass is 79.9. The molecule has 0 aliphatic heterocycles. The monoisotopic (exact) mass is 396 g/mol. The van der Waals surface area contributed by atoms with Gasteiger partial charge in [0.25, 0.3) is 0 Å². The summed E-state index contributed by atoms with van der Waals surface area (Å²) in [6.45, 7) is 2.02. The van der Waals surface area contributed by atoms with E-state index >= 15 is 0 Å². The summed E-state index contributed by atoms with van der Waals surface area (Å²) in [5.41, 5.74) is 4.61. The van der Waals surface area contributed by atoms with Crippen LogP contribution in [0.5, 0.6) is 5.75 Å². The summed E-state index contributed by atoms with van der Waals surface area (Å²) in [5.74, 6) is 0.141. The maximum Gasteiger partial charge on any atom is 0.124 e. The summed E-state index contributed by atoms with van der Waals surface area (Å²) in [4.78, 5) is 3.10. The van der Waals surface area contributed by atoms with Crippen LogP contribution in [0, 0.1) is 22.9 Å². The molecule has 5 heteroatoms. The molecule has 118 valence electrons. The van der Waals surface area contributed by atoms with Crippen LogP contribution < -0.4 is 0 Å². The lowest BCUT2D eigenvalue weighted by Gasteiger charge is -2.13. The number of aromatic nitrogens is 1. The van der Waals surface area contributed by atoms with Crippen LogP contribution in [-0.4, -0.2) is 10.1 Å². The molecule has 3 nitrogen and oxygen atoms in total. The van der Waals surface area contributed by atoms with Crippen molar-refractivity contribution in [3.8, 4) is 34.2 Å². The highest BCUT2D eigenvalue weighted by Gasteiger charge is 2.14. The van der Waals surface area contributed by atoms with Crippen molar-refractivity contribution >= 4 is 28.1 Å². The van der Waals surface area contributed by atoms with Gasteiger partial charge in [-0.15, -0.1) is 0 Å². The van der Waals surface area contributed by atoms with Gasteiger partial charge in [-0.25, -0.2) is 0 Å². The fraction of sp³-hybridized carbons (Fsp3) is 0.0526. The molecule has 2 N–H and O–H groups in total. The second-order valence-electron chi connectivity index (χ2n) is 5.44. The van der Waals surface area contributed by atoms with Crippen LogP contribution in [0.15, 0.2) is 53.0 Å². The number of aryl methyl sites for hydroxylation is 1. The lowest BCUT2D eigenvalue weighted by molar-refractivity contribution is 0.477. The van der Waals surface area contributed by atoms with Gasteiger partial charge < -0.3 is 10.1 Å². The van der Waals surface area contributed by atoms with Crippen LogP contribution in [0.25, 0.3) is 22.4 Å². The second-order valence-corrected chi connectivity index (χ2v) is 6.76. The van der Waals surface area contributed by atoms with Gasteiger partial charge in [-0.05, 0) is 36.8 Å². The molecule has 0 fully saturated rings. The van der Waals surface area contributed by atoms with Gasteiger partial charge in [0.1, 0.15) is 16.5 Å². The first-order chi connectivity index (χ1) is 11.5. The third-order valence-corrected chi connectivity index (χ3v) is 4.57. The zero-order valence-electron chi connectivity index (χ0n) is 12.8. The van der Waals surface area contributed by atoms with Crippen molar-refractivity contribution < 1.29 is 5.11 Å². The van der Waals surface area contributed by atoms with Crippen LogP contribution in [-0.2, 0) is 0 Å². The topological polar surface area (TPSA) is 59.8 Å². The van der Waals surface area contributed by atoms with E-state index in [0.717, 1.165) is 21.2 Å². The number of rotatable bonds is 2. The third kappa shape index (κ3) is 3.12. The first kappa shape index (κ1) is 16.4. The molecule has 0 saturated carbocycles. The first-order valence-corrected chi connectivity index (χ1v) is 8.43. The lowest BCUT2D eigenvalue weighted by atomic mass is 9.97. The van der Waals surface area contributed by atoms with Crippen molar-refractivity contribution in [3.63, 3.8) is 0 Å². The molecule has 3 rings (SSSR count). The molecule has 0 atom stereocenters. The van der Waals surface area contributed by atoms with Gasteiger partial charge in [0.15, 0.2) is 0 Å². The number of phenols is 1. The van der Waals surface area contributed by atoms with Gasteiger partial charge in [-0.1, -0.05) is 58.0 Å². The number of nitrogens with zero attached hydrogens (tertiary/aromatic N) is 1. The summed E-state index contributed by atoms with van der Waals surface area (Å²) in [7, 11) is 0. The molecule has 3 aromatic rings. The van der Waals surface area contributed by atoms with Crippen LogP contribution >= 0.6 is 28.1 Å². The highest BCUT2D eigenvalue weighted by molar-refractivity contribution is 9.10. The molecule has 0 amide bonds. The number of hydrogen-bond donors (Lipinski definition) is 2. The zero-order chi connectivity index (χ0) is 17.3. The normalized spacial score (nSPS) is 10.4. The average molecular weight is 397 g/mol. The Bertz CT molecular complexity index is 1020. The molecule has 0 saturated heterocycles. The molecule has 24 heavy (non-hydrogen) atoms. The number of pyridine rings is 1. The average Bonchev–Trinajstić information content (AvgIpc) is 2.58. The van der Waals surface area contributed by atoms with Crippen molar-refractivity contribution in [3.05, 3.63) is 68.8 Å². The van der Waals surface area contributed by atoms with Crippen LogP contribution in [0.2, 0.25) is 0 Å². The summed E-state index contributed by atoms with van der Waals surface area (Å²) < 4.78 is 1.19. The van der Waals surface area contributed by atoms with Gasteiger partial charge in [0.05, 0.1) is 11.3 Å². The largest absolute Gasteiger partial charge is 0.507 e. The smallest absolute Gasteiger partial charge is 0.124 e. The molecule has 1 aromatic heterocycles. The maximum absolute atomic E-state index is 10.3. The molecule has 0 radical (unpaired) electrons. The Morgan fingerprint density at radius 1 is 1.08 bits per heavy atom. The first-order valence-electron chi connectivity index (χ1n) is 7.23. The quantitative estimate of drug-likeness (QED) is 0.543. The highest BCUT2D eigenvalue weighted by Crippen LogP contribution is 2.37. The molecule has 0 aliphatic rings. The molecule has 0 spiro atoms. The van der Waals surface area contributed by atoms with Crippen LogP contribution in [0.1, 0.15) is 11.1 Å². The molecule has 1 heterocycles. The summed E-state index contributed by atoms with van der Waals surface area (Å²) in [6, 6.07) is 17.1. The maximum atomic E-state index is 10.3. The van der Waals surface area contributed by atoms with Crippen molar-refractivity contribution in [2.75, 3.05) is 0 Å². The molecule has 0 unspecified atom stereocenters. The molecular weight excluding hydrogens is 384 g/mol. The van der Waals surface area contributed by atoms with Gasteiger partial charge in [-0.3, -0.25) is 0 Å². The number of halogens is 1. The fourth-order valence-electron chi connectivity index (χ4n) is 2.50. The van der Waals surface area contributed by atoms with E-state index in [4.69, 9.17) is 12.2 Å². The Hall–Kier alpha value is -2.42. The van der Waals surface area contributed by atoms with Crippen molar-refractivity contribution in [2.24, 2.45) is 0 Å². The van der Waals surface area contributed by atoms with Gasteiger partial charge in [0, 0.05) is 15.6 Å². The number of phenolic OH excluding ortho intramolecular Hbond substituents is 1. The zero-order valence-corrected chi connectivity index (χ0v) is 15.2. The van der Waals surface area contributed by atoms with Gasteiger partial charge >= 0.3 is 0 Å². The third-order valence-electron chi connectivity index (χ3n) is 3.75. The van der Waals surface area contributed by atoms with Crippen molar-refractivity contribution in [2.45, 2.75) is 6.92 Å². The predicted molar refractivity (Wildman–Crippen MR) is 101 cm³/mol. The number of benzene rings is 2. The number of aromatic amines is 1. The number of nitriles is 1. The Balaban J connectivity index is 2.35. The number of aromatic hydroxyl groups is 1. The summed E-state index contributed by atoms with van der Waals surface area (Å²) in [6.07, 6.45) is 0. The lowest BCUT2D eigenvalue weighted by Crippen LogP contribution is -1.94. The van der Waals surface area contributed by atoms with Crippen LogP contribution in [0.4, 0.5) is 0 Å². The van der Waals surface area contributed by atoms with E-state index in [1.807, 2.05) is 37.3 Å². The molecule has 0 bridgehead atoms. The summed E-state index contributed by atoms with van der Waals surface area (Å²) in [5, 5.41) is 19.6. The molecule has 2 aromatic carbocycles. The van der Waals surface area contributed by atoms with E-state index in [1.54, 1.807) is 18.2 Å². The SMILES string of the molecule is Cc1ccc(-c2cc(C#N)c(=S)[nH]c2-c2cc(Br)ccc2O)cc1. The minimum Gasteiger partial charge on any atom is -0.507 e. The Kier molecular flexibility index (Phi) is 4.52. The Morgan fingerprint density at radius 3 is 2.46 bits per heavy atom. The Morgan fingerprint density at radius 2 is 1.79 bits per heavy atom. The van der Waals surface area contributed by atoms with Crippen molar-refractivity contribution in [1.82, 2.24) is 4.98 Å². The van der Waals surface area contributed by atoms with E-state index in [-0.39, 0.29) is 5.75 Å². The minimum atomic E-state index is 0.141. The number of hydrogen-bond acceptors (Lipinski definition) is 3. The van der Waals surface area contributed by atoms with E-state index in [1.165, 1.54) is 0 Å². The van der Waals surface area contributed by atoms with E-state index in [0.29, 0.717) is 21.5 Å². The molecular formula is C19H13BrN2OS. The van der Waals surface area contributed by atoms with Crippen molar-refractivity contribution in [1.29, 1.82) is 5.26 Å². The second kappa shape index (κ2) is 6.60. The molecule has 0 aliphatic carbocycles. The van der Waals surface area contributed by atoms with E-state index < -0.39 is 0 Å². The minimum absolute atomic E-state index is 0.141. The van der Waals surface area contributed by atoms with Gasteiger partial charge in [0.2, 0.25) is 0 Å². The fourth-order valence-corrected chi connectivity index (χ4v) is 3.06. The standard InChI is InChI=1S/C19H13BrN2OS/c1-11-2-4-12(5-3-11)15-8-13(10-21)19(24)22-18(15)16-9-14(20)6-7-17(16)23/h2-9,23H,1H3,(H,22,24).